The molecule has 4 heteroatoms. The molecule has 27 heavy (non-hydrogen) atoms. The van der Waals surface area contributed by atoms with Crippen molar-refractivity contribution in [3.8, 4) is 22.5 Å². The average molecular weight is 529 g/mol. The van der Waals surface area contributed by atoms with Gasteiger partial charge in [-0.15, -0.1) is 35.9 Å². The summed E-state index contributed by atoms with van der Waals surface area (Å²) in [5, 5.41) is 0. The van der Waals surface area contributed by atoms with Crippen molar-refractivity contribution in [2.75, 3.05) is 0 Å². The minimum absolute atomic E-state index is 0. The van der Waals surface area contributed by atoms with Crippen molar-refractivity contribution in [2.45, 2.75) is 0 Å². The second-order valence-electron chi connectivity index (χ2n) is 5.71. The Morgan fingerprint density at radius 3 is 2.41 bits per heavy atom. The van der Waals surface area contributed by atoms with Gasteiger partial charge in [-0.3, -0.25) is 9.98 Å². The molecule has 0 aliphatic carbocycles. The van der Waals surface area contributed by atoms with E-state index in [-0.39, 0.29) is 21.1 Å². The molecular formula is C23H16N3Pt-. The minimum atomic E-state index is 0. The number of rotatable bonds is 4. The summed E-state index contributed by atoms with van der Waals surface area (Å²) in [6.45, 7) is 0. The number of para-hydroxylation sites is 1. The summed E-state index contributed by atoms with van der Waals surface area (Å²) in [7, 11) is 0. The van der Waals surface area contributed by atoms with Gasteiger partial charge in [0.2, 0.25) is 0 Å². The molecule has 3 nitrogen and oxygen atoms in total. The van der Waals surface area contributed by atoms with Crippen molar-refractivity contribution in [2.24, 2.45) is 4.99 Å². The molecule has 0 atom stereocenters. The largest absolute Gasteiger partial charge is 0.264 e. The standard InChI is InChI=1S/C23H16N3.Pt/c1-2-9-18(10-3-1)20-12-4-5-13-21(20)25-17-19-11-8-15-23(26-19)22-14-6-7-16-24-22;/h1-9,11-17H;/q-1;. The Bertz CT molecular complexity index is 1030. The molecule has 0 saturated carbocycles. The Hall–Kier alpha value is -2.90. The van der Waals surface area contributed by atoms with E-state index >= 15 is 0 Å². The molecule has 4 rings (SSSR count). The van der Waals surface area contributed by atoms with Gasteiger partial charge in [0.15, 0.2) is 0 Å². The Morgan fingerprint density at radius 1 is 0.778 bits per heavy atom. The van der Waals surface area contributed by atoms with Gasteiger partial charge in [-0.2, -0.15) is 0 Å². The van der Waals surface area contributed by atoms with Crippen LogP contribution >= 0.6 is 0 Å². The zero-order chi connectivity index (χ0) is 17.6. The molecule has 134 valence electrons. The molecule has 0 unspecified atom stereocenters. The smallest absolute Gasteiger partial charge is 0.0894 e. The van der Waals surface area contributed by atoms with Gasteiger partial charge in [0.25, 0.3) is 0 Å². The second kappa shape index (κ2) is 9.16. The summed E-state index contributed by atoms with van der Waals surface area (Å²) in [6, 6.07) is 30.9. The van der Waals surface area contributed by atoms with Gasteiger partial charge in [-0.25, -0.2) is 4.98 Å². The Kier molecular flexibility index (Phi) is 6.40. The van der Waals surface area contributed by atoms with Crippen molar-refractivity contribution < 1.29 is 21.1 Å². The predicted molar refractivity (Wildman–Crippen MR) is 105 cm³/mol. The summed E-state index contributed by atoms with van der Waals surface area (Å²) in [6.07, 6.45) is 3.55. The van der Waals surface area contributed by atoms with E-state index < -0.39 is 0 Å². The second-order valence-corrected chi connectivity index (χ2v) is 5.71. The molecule has 2 aromatic carbocycles. The molecule has 2 heterocycles. The monoisotopic (exact) mass is 529 g/mol. The average Bonchev–Trinajstić information content (AvgIpc) is 2.74. The van der Waals surface area contributed by atoms with E-state index in [1.807, 2.05) is 78.9 Å². The zero-order valence-electron chi connectivity index (χ0n) is 14.4. The molecule has 0 radical (unpaired) electrons. The van der Waals surface area contributed by atoms with Gasteiger partial charge >= 0.3 is 0 Å². The molecule has 0 aliphatic rings. The van der Waals surface area contributed by atoms with E-state index in [9.17, 15) is 0 Å². The maximum Gasteiger partial charge on any atom is 0.0894 e. The zero-order valence-corrected chi connectivity index (χ0v) is 16.7. The van der Waals surface area contributed by atoms with Crippen LogP contribution < -0.4 is 0 Å². The topological polar surface area (TPSA) is 38.1 Å². The van der Waals surface area contributed by atoms with Gasteiger partial charge in [0.1, 0.15) is 0 Å². The summed E-state index contributed by atoms with van der Waals surface area (Å²) in [5.74, 6) is 0. The number of pyridine rings is 2. The molecule has 0 amide bonds. The van der Waals surface area contributed by atoms with Gasteiger partial charge in [0.05, 0.1) is 23.3 Å². The fourth-order valence-electron chi connectivity index (χ4n) is 2.69. The van der Waals surface area contributed by atoms with E-state index in [1.165, 1.54) is 0 Å². The molecule has 2 aromatic heterocycles. The van der Waals surface area contributed by atoms with Crippen LogP contribution in [-0.4, -0.2) is 16.2 Å². The van der Waals surface area contributed by atoms with Crippen LogP contribution in [0.1, 0.15) is 5.69 Å². The molecule has 0 fully saturated rings. The quantitative estimate of drug-likeness (QED) is 0.264. The van der Waals surface area contributed by atoms with E-state index in [0.29, 0.717) is 0 Å². The molecule has 0 saturated heterocycles. The fraction of sp³-hybridized carbons (Fsp3) is 0. The first kappa shape index (κ1) is 18.9. The number of aliphatic imine (C=N–C) groups is 1. The molecule has 0 spiro atoms. The Morgan fingerprint density at radius 2 is 1.59 bits per heavy atom. The number of aromatic nitrogens is 2. The summed E-state index contributed by atoms with van der Waals surface area (Å²) < 4.78 is 0. The normalized spacial score (nSPS) is 10.5. The van der Waals surface area contributed by atoms with Gasteiger partial charge in [-0.1, -0.05) is 35.9 Å². The third kappa shape index (κ3) is 4.64. The molecular weight excluding hydrogens is 513 g/mol. The Balaban J connectivity index is 0.00000210. The number of nitrogens with zero attached hydrogens (tertiary/aromatic N) is 3. The molecule has 0 aliphatic heterocycles. The van der Waals surface area contributed by atoms with Crippen LogP contribution in [0.15, 0.2) is 96.1 Å². The van der Waals surface area contributed by atoms with Crippen LogP contribution in [0.25, 0.3) is 22.5 Å². The van der Waals surface area contributed by atoms with Crippen LogP contribution in [0, 0.1) is 6.07 Å². The SMILES string of the molecule is [Pt].[c-]1ccccc1-c1ccccc1N=Cc1cccc(-c2ccccn2)n1. The number of hydrogen-bond acceptors (Lipinski definition) is 3. The summed E-state index contributed by atoms with van der Waals surface area (Å²) in [5.41, 5.74) is 5.43. The predicted octanol–water partition coefficient (Wildman–Crippen LogP) is 5.36. The van der Waals surface area contributed by atoms with Crippen LogP contribution in [0.2, 0.25) is 0 Å². The first-order chi connectivity index (χ1) is 12.9. The van der Waals surface area contributed by atoms with E-state index in [1.54, 1.807) is 12.4 Å². The van der Waals surface area contributed by atoms with Crippen molar-refractivity contribution in [3.05, 3.63) is 103 Å². The molecule has 4 aromatic rings. The van der Waals surface area contributed by atoms with Crippen molar-refractivity contribution >= 4 is 11.9 Å². The first-order valence-electron chi connectivity index (χ1n) is 8.39. The third-order valence-corrected chi connectivity index (χ3v) is 3.94. The van der Waals surface area contributed by atoms with Crippen molar-refractivity contribution in [1.29, 1.82) is 0 Å². The van der Waals surface area contributed by atoms with E-state index in [0.717, 1.165) is 33.9 Å². The third-order valence-electron chi connectivity index (χ3n) is 3.94. The van der Waals surface area contributed by atoms with E-state index in [4.69, 9.17) is 0 Å². The van der Waals surface area contributed by atoms with Gasteiger partial charge in [-0.05, 0) is 30.3 Å². The van der Waals surface area contributed by atoms with Crippen LogP contribution in [-0.2, 0) is 21.1 Å². The first-order valence-corrected chi connectivity index (χ1v) is 8.39. The fourth-order valence-corrected chi connectivity index (χ4v) is 2.69. The van der Waals surface area contributed by atoms with E-state index in [2.05, 4.69) is 27.1 Å². The summed E-state index contributed by atoms with van der Waals surface area (Å²) >= 11 is 0. The van der Waals surface area contributed by atoms with Crippen LogP contribution in [0.3, 0.4) is 0 Å². The molecule has 0 bridgehead atoms. The van der Waals surface area contributed by atoms with Crippen LogP contribution in [0.4, 0.5) is 5.69 Å². The number of hydrogen-bond donors (Lipinski definition) is 0. The van der Waals surface area contributed by atoms with Gasteiger partial charge < -0.3 is 0 Å². The number of benzene rings is 2. The summed E-state index contributed by atoms with van der Waals surface area (Å²) in [4.78, 5) is 13.7. The van der Waals surface area contributed by atoms with Gasteiger partial charge in [0, 0.05) is 32.9 Å². The maximum atomic E-state index is 4.66. The van der Waals surface area contributed by atoms with Crippen LogP contribution in [0.5, 0.6) is 0 Å². The maximum absolute atomic E-state index is 4.66. The van der Waals surface area contributed by atoms with Crippen molar-refractivity contribution in [1.82, 2.24) is 9.97 Å². The molecule has 0 N–H and O–H groups in total. The Labute approximate surface area is 173 Å². The minimum Gasteiger partial charge on any atom is -0.264 e. The van der Waals surface area contributed by atoms with Crippen molar-refractivity contribution in [3.63, 3.8) is 0 Å².